The minimum Gasteiger partial charge on any atom is -0.293 e. The van der Waals surface area contributed by atoms with Crippen LogP contribution < -0.4 is 5.56 Å². The molecule has 1 aliphatic carbocycles. The number of fused-ring (bicyclic) bond motifs is 3. The highest BCUT2D eigenvalue weighted by Gasteiger charge is 2.32. The number of nitrogens with zero attached hydrogens (tertiary/aromatic N) is 2. The van der Waals surface area contributed by atoms with Gasteiger partial charge < -0.3 is 0 Å². The summed E-state index contributed by atoms with van der Waals surface area (Å²) in [6.07, 6.45) is 3.01. The molecule has 0 unspecified atom stereocenters. The first-order valence-corrected chi connectivity index (χ1v) is 13.9. The maximum Gasteiger partial charge on any atom is 0.267 e. The van der Waals surface area contributed by atoms with Crippen molar-refractivity contribution in [1.29, 1.82) is 0 Å². The lowest BCUT2D eigenvalue weighted by Gasteiger charge is -2.33. The van der Waals surface area contributed by atoms with Gasteiger partial charge in [0.1, 0.15) is 4.83 Å². The van der Waals surface area contributed by atoms with E-state index < -0.39 is 0 Å². The zero-order chi connectivity index (χ0) is 24.7. The Bertz CT molecular complexity index is 1460. The molecule has 6 heteroatoms. The molecule has 35 heavy (non-hydrogen) atoms. The van der Waals surface area contributed by atoms with Crippen molar-refractivity contribution in [3.05, 3.63) is 86.5 Å². The van der Waals surface area contributed by atoms with Crippen LogP contribution >= 0.6 is 23.1 Å². The molecule has 2 aromatic carbocycles. The molecule has 0 amide bonds. The fraction of sp³-hybridized carbons (Fsp3) is 0.345. The Morgan fingerprint density at radius 3 is 2.54 bits per heavy atom. The standard InChI is InChI=1S/C29H30N2O2S2/c1-18-10-8-9-13-22(18)31-27(33)25-21-15-14-20(29(2,3)4)16-24(21)35-26(25)30-28(31)34-17-23(32)19-11-6-5-7-12-19/h5-13,20H,14-17H2,1-4H3/t20-/m0/s1. The van der Waals surface area contributed by atoms with Crippen LogP contribution in [0.1, 0.15) is 53.6 Å². The molecule has 2 heterocycles. The molecule has 1 atom stereocenters. The number of Topliss-reactive ketones (excluding diaryl/α,β-unsaturated/α-hetero) is 1. The summed E-state index contributed by atoms with van der Waals surface area (Å²) in [5.41, 5.74) is 3.90. The smallest absolute Gasteiger partial charge is 0.267 e. The summed E-state index contributed by atoms with van der Waals surface area (Å²) in [5.74, 6) is 0.851. The number of benzene rings is 2. The van der Waals surface area contributed by atoms with Crippen LogP contribution in [0.4, 0.5) is 0 Å². The fourth-order valence-electron chi connectivity index (χ4n) is 4.91. The van der Waals surface area contributed by atoms with Crippen LogP contribution in [0.5, 0.6) is 0 Å². The number of thioether (sulfide) groups is 1. The predicted octanol–water partition coefficient (Wildman–Crippen LogP) is 6.88. The number of ketones is 1. The van der Waals surface area contributed by atoms with E-state index in [4.69, 9.17) is 4.98 Å². The van der Waals surface area contributed by atoms with E-state index in [1.54, 1.807) is 15.9 Å². The number of hydrogen-bond acceptors (Lipinski definition) is 5. The molecule has 2 aromatic heterocycles. The van der Waals surface area contributed by atoms with Crippen LogP contribution in [-0.4, -0.2) is 21.1 Å². The molecule has 0 fully saturated rings. The number of carbonyl (C=O) groups is 1. The summed E-state index contributed by atoms with van der Waals surface area (Å²) >= 11 is 3.01. The summed E-state index contributed by atoms with van der Waals surface area (Å²) in [4.78, 5) is 34.0. The van der Waals surface area contributed by atoms with E-state index in [-0.39, 0.29) is 22.5 Å². The fourth-order valence-corrected chi connectivity index (χ4v) is 7.15. The number of aromatic nitrogens is 2. The molecule has 5 rings (SSSR count). The van der Waals surface area contributed by atoms with Gasteiger partial charge in [0.25, 0.3) is 5.56 Å². The number of carbonyl (C=O) groups excluding carboxylic acids is 1. The summed E-state index contributed by atoms with van der Waals surface area (Å²) < 4.78 is 1.73. The number of aryl methyl sites for hydroxylation is 2. The number of hydrogen-bond donors (Lipinski definition) is 0. The summed E-state index contributed by atoms with van der Waals surface area (Å²) in [6, 6.07) is 17.2. The maximum absolute atomic E-state index is 14.1. The summed E-state index contributed by atoms with van der Waals surface area (Å²) in [6.45, 7) is 8.92. The molecule has 0 spiro atoms. The third kappa shape index (κ3) is 4.62. The molecule has 4 aromatic rings. The van der Waals surface area contributed by atoms with Crippen molar-refractivity contribution in [2.24, 2.45) is 11.3 Å². The first-order valence-electron chi connectivity index (χ1n) is 12.1. The highest BCUT2D eigenvalue weighted by atomic mass is 32.2. The van der Waals surface area contributed by atoms with E-state index in [0.29, 0.717) is 16.6 Å². The van der Waals surface area contributed by atoms with Gasteiger partial charge in [0.2, 0.25) is 0 Å². The van der Waals surface area contributed by atoms with Crippen molar-refractivity contribution in [2.45, 2.75) is 52.1 Å². The van der Waals surface area contributed by atoms with Gasteiger partial charge in [-0.3, -0.25) is 14.2 Å². The molecule has 0 radical (unpaired) electrons. The number of thiophene rings is 1. The molecule has 0 bridgehead atoms. The van der Waals surface area contributed by atoms with Crippen LogP contribution in [0.3, 0.4) is 0 Å². The van der Waals surface area contributed by atoms with E-state index in [1.165, 1.54) is 22.2 Å². The average molecular weight is 503 g/mol. The van der Waals surface area contributed by atoms with Gasteiger partial charge in [-0.1, -0.05) is 81.1 Å². The van der Waals surface area contributed by atoms with Crippen LogP contribution in [-0.2, 0) is 12.8 Å². The molecule has 0 saturated heterocycles. The Kier molecular flexibility index (Phi) is 6.45. The average Bonchev–Trinajstić information content (AvgIpc) is 3.21. The van der Waals surface area contributed by atoms with Crippen LogP contribution in [0.25, 0.3) is 15.9 Å². The van der Waals surface area contributed by atoms with Gasteiger partial charge >= 0.3 is 0 Å². The van der Waals surface area contributed by atoms with E-state index in [9.17, 15) is 9.59 Å². The minimum absolute atomic E-state index is 0.0225. The highest BCUT2D eigenvalue weighted by Crippen LogP contribution is 2.42. The van der Waals surface area contributed by atoms with Crippen LogP contribution in [0.2, 0.25) is 0 Å². The highest BCUT2D eigenvalue weighted by molar-refractivity contribution is 7.99. The van der Waals surface area contributed by atoms with Gasteiger partial charge in [0.05, 0.1) is 16.8 Å². The Morgan fingerprint density at radius 1 is 1.11 bits per heavy atom. The molecule has 0 aliphatic heterocycles. The van der Waals surface area contributed by atoms with E-state index in [1.807, 2.05) is 61.5 Å². The second-order valence-corrected chi connectivity index (χ2v) is 12.4. The second-order valence-electron chi connectivity index (χ2n) is 10.4. The largest absolute Gasteiger partial charge is 0.293 e. The molecule has 1 aliphatic rings. The zero-order valence-corrected chi connectivity index (χ0v) is 22.3. The van der Waals surface area contributed by atoms with Crippen molar-refractivity contribution in [1.82, 2.24) is 9.55 Å². The maximum atomic E-state index is 14.1. The van der Waals surface area contributed by atoms with E-state index in [2.05, 4.69) is 20.8 Å². The number of para-hydroxylation sites is 1. The van der Waals surface area contributed by atoms with Crippen molar-refractivity contribution < 1.29 is 4.79 Å². The SMILES string of the molecule is Cc1ccccc1-n1c(SCC(=O)c2ccccc2)nc2sc3c(c2c1=O)CC[C@H](C(C)(C)C)C3. The Balaban J connectivity index is 1.62. The summed E-state index contributed by atoms with van der Waals surface area (Å²) in [7, 11) is 0. The summed E-state index contributed by atoms with van der Waals surface area (Å²) in [5, 5.41) is 1.34. The van der Waals surface area contributed by atoms with Crippen molar-refractivity contribution in [3.8, 4) is 5.69 Å². The van der Waals surface area contributed by atoms with Gasteiger partial charge in [0.15, 0.2) is 10.9 Å². The normalized spacial score (nSPS) is 15.8. The predicted molar refractivity (Wildman–Crippen MR) is 146 cm³/mol. The van der Waals surface area contributed by atoms with Crippen molar-refractivity contribution >= 4 is 39.1 Å². The zero-order valence-electron chi connectivity index (χ0n) is 20.6. The third-order valence-electron chi connectivity index (χ3n) is 7.06. The first-order chi connectivity index (χ1) is 16.7. The van der Waals surface area contributed by atoms with E-state index in [0.717, 1.165) is 40.7 Å². The van der Waals surface area contributed by atoms with Gasteiger partial charge in [-0.15, -0.1) is 11.3 Å². The topological polar surface area (TPSA) is 52.0 Å². The molecule has 4 nitrogen and oxygen atoms in total. The second kappa shape index (κ2) is 9.40. The van der Waals surface area contributed by atoms with E-state index >= 15 is 0 Å². The van der Waals surface area contributed by atoms with Gasteiger partial charge in [0, 0.05) is 10.4 Å². The third-order valence-corrected chi connectivity index (χ3v) is 9.15. The lowest BCUT2D eigenvalue weighted by molar-refractivity contribution is 0.102. The molecular weight excluding hydrogens is 472 g/mol. The van der Waals surface area contributed by atoms with Crippen LogP contribution in [0, 0.1) is 18.3 Å². The molecule has 0 saturated carbocycles. The monoisotopic (exact) mass is 502 g/mol. The Labute approximate surface area is 214 Å². The van der Waals surface area contributed by atoms with Crippen molar-refractivity contribution in [3.63, 3.8) is 0 Å². The van der Waals surface area contributed by atoms with Gasteiger partial charge in [-0.05, 0) is 54.7 Å². The van der Waals surface area contributed by atoms with Crippen molar-refractivity contribution in [2.75, 3.05) is 5.75 Å². The molecule has 180 valence electrons. The first kappa shape index (κ1) is 24.0. The number of rotatable bonds is 5. The Morgan fingerprint density at radius 2 is 1.83 bits per heavy atom. The molecule has 0 N–H and O–H groups in total. The Hall–Kier alpha value is -2.70. The minimum atomic E-state index is -0.0225. The molecular formula is C29H30N2O2S2. The van der Waals surface area contributed by atoms with Crippen LogP contribution in [0.15, 0.2) is 64.5 Å². The van der Waals surface area contributed by atoms with Gasteiger partial charge in [-0.2, -0.15) is 0 Å². The van der Waals surface area contributed by atoms with Gasteiger partial charge in [-0.25, -0.2) is 4.98 Å². The lowest BCUT2D eigenvalue weighted by Crippen LogP contribution is -2.27. The quantitative estimate of drug-likeness (QED) is 0.170. The lowest BCUT2D eigenvalue weighted by atomic mass is 9.72.